The van der Waals surface area contributed by atoms with E-state index in [1.165, 1.54) is 12.1 Å². The number of nitrogens with zero attached hydrogens (tertiary/aromatic N) is 1. The van der Waals surface area contributed by atoms with Crippen LogP contribution in [0.25, 0.3) is 17.5 Å². The first kappa shape index (κ1) is 12.0. The summed E-state index contributed by atoms with van der Waals surface area (Å²) in [6.07, 6.45) is 2.37. The number of aromatic amines is 1. The first-order chi connectivity index (χ1) is 8.58. The summed E-state index contributed by atoms with van der Waals surface area (Å²) in [4.78, 5) is 17.5. The standard InChI is InChI=1S/C13H11FN2O2/c1-8-11(6-7-12(17)18)16-13(15-8)9-4-2-3-5-10(9)14/h2-7H,1H3,(H,15,16)(H,17,18)/b7-6+. The SMILES string of the molecule is Cc1[nH]c(-c2ccccc2F)nc1/C=C/C(=O)O. The third-order valence-electron chi connectivity index (χ3n) is 2.44. The van der Waals surface area contributed by atoms with E-state index in [-0.39, 0.29) is 5.82 Å². The molecule has 0 bridgehead atoms. The van der Waals surface area contributed by atoms with Crippen LogP contribution in [0.1, 0.15) is 11.4 Å². The van der Waals surface area contributed by atoms with Gasteiger partial charge in [0.25, 0.3) is 0 Å². The summed E-state index contributed by atoms with van der Waals surface area (Å²) in [5.74, 6) is -1.04. The van der Waals surface area contributed by atoms with Crippen molar-refractivity contribution >= 4 is 12.0 Å². The van der Waals surface area contributed by atoms with Crippen LogP contribution >= 0.6 is 0 Å². The van der Waals surface area contributed by atoms with E-state index in [0.29, 0.717) is 22.8 Å². The molecule has 2 rings (SSSR count). The maximum atomic E-state index is 13.6. The molecule has 2 aromatic rings. The summed E-state index contributed by atoms with van der Waals surface area (Å²) in [6.45, 7) is 1.75. The van der Waals surface area contributed by atoms with Crippen molar-refractivity contribution in [2.75, 3.05) is 0 Å². The molecule has 1 heterocycles. The molecule has 0 saturated heterocycles. The molecule has 0 fully saturated rings. The molecule has 92 valence electrons. The second-order valence-corrected chi connectivity index (χ2v) is 3.75. The minimum absolute atomic E-state index is 0.357. The number of aryl methyl sites for hydroxylation is 1. The highest BCUT2D eigenvalue weighted by atomic mass is 19.1. The smallest absolute Gasteiger partial charge is 0.328 e. The van der Waals surface area contributed by atoms with E-state index in [9.17, 15) is 9.18 Å². The van der Waals surface area contributed by atoms with Crippen LogP contribution in [-0.2, 0) is 4.79 Å². The van der Waals surface area contributed by atoms with E-state index < -0.39 is 5.97 Å². The predicted octanol–water partition coefficient (Wildman–Crippen LogP) is 2.62. The van der Waals surface area contributed by atoms with E-state index in [1.54, 1.807) is 25.1 Å². The molecule has 1 aromatic heterocycles. The van der Waals surface area contributed by atoms with Crippen LogP contribution in [0.4, 0.5) is 4.39 Å². The Balaban J connectivity index is 2.41. The molecule has 5 heteroatoms. The van der Waals surface area contributed by atoms with Crippen molar-refractivity contribution in [1.82, 2.24) is 9.97 Å². The molecule has 0 unspecified atom stereocenters. The largest absolute Gasteiger partial charge is 0.478 e. The van der Waals surface area contributed by atoms with Gasteiger partial charge in [-0.15, -0.1) is 0 Å². The quantitative estimate of drug-likeness (QED) is 0.818. The molecule has 0 radical (unpaired) electrons. The lowest BCUT2D eigenvalue weighted by Crippen LogP contribution is -1.87. The number of carbonyl (C=O) groups is 1. The van der Waals surface area contributed by atoms with E-state index in [1.807, 2.05) is 0 Å². The number of nitrogens with one attached hydrogen (secondary N) is 1. The van der Waals surface area contributed by atoms with Crippen LogP contribution in [0.5, 0.6) is 0 Å². The lowest BCUT2D eigenvalue weighted by Gasteiger charge is -1.97. The number of hydrogen-bond acceptors (Lipinski definition) is 2. The fourth-order valence-electron chi connectivity index (χ4n) is 1.57. The van der Waals surface area contributed by atoms with Gasteiger partial charge >= 0.3 is 5.97 Å². The van der Waals surface area contributed by atoms with Crippen LogP contribution in [-0.4, -0.2) is 21.0 Å². The van der Waals surface area contributed by atoms with Gasteiger partial charge in [0.1, 0.15) is 11.6 Å². The van der Waals surface area contributed by atoms with E-state index >= 15 is 0 Å². The fraction of sp³-hybridized carbons (Fsp3) is 0.0769. The van der Waals surface area contributed by atoms with Crippen molar-refractivity contribution in [3.8, 4) is 11.4 Å². The van der Waals surface area contributed by atoms with Gasteiger partial charge in [-0.25, -0.2) is 14.2 Å². The number of benzene rings is 1. The minimum atomic E-state index is -1.05. The first-order valence-corrected chi connectivity index (χ1v) is 5.30. The Kier molecular flexibility index (Phi) is 3.23. The molecule has 0 saturated carbocycles. The highest BCUT2D eigenvalue weighted by molar-refractivity contribution is 5.85. The molecule has 18 heavy (non-hydrogen) atoms. The molecule has 0 spiro atoms. The zero-order valence-corrected chi connectivity index (χ0v) is 9.64. The summed E-state index contributed by atoms with van der Waals surface area (Å²) in [5, 5.41) is 8.55. The monoisotopic (exact) mass is 246 g/mol. The number of aromatic nitrogens is 2. The zero-order valence-electron chi connectivity index (χ0n) is 9.64. The fourth-order valence-corrected chi connectivity index (χ4v) is 1.57. The molecule has 2 N–H and O–H groups in total. The topological polar surface area (TPSA) is 66.0 Å². The van der Waals surface area contributed by atoms with Gasteiger partial charge in [-0.3, -0.25) is 0 Å². The van der Waals surface area contributed by atoms with Crippen LogP contribution in [0.15, 0.2) is 30.3 Å². The Morgan fingerprint density at radius 3 is 2.83 bits per heavy atom. The second-order valence-electron chi connectivity index (χ2n) is 3.75. The molecular formula is C13H11FN2O2. The van der Waals surface area contributed by atoms with Gasteiger partial charge in [-0.05, 0) is 25.1 Å². The van der Waals surface area contributed by atoms with Crippen LogP contribution in [0.2, 0.25) is 0 Å². The van der Waals surface area contributed by atoms with Gasteiger partial charge < -0.3 is 10.1 Å². The van der Waals surface area contributed by atoms with Crippen LogP contribution in [0.3, 0.4) is 0 Å². The average Bonchev–Trinajstić information content (AvgIpc) is 2.68. The van der Waals surface area contributed by atoms with E-state index in [2.05, 4.69) is 9.97 Å². The molecule has 0 aliphatic rings. The molecular weight excluding hydrogens is 235 g/mol. The van der Waals surface area contributed by atoms with Gasteiger partial charge in [0.05, 0.1) is 11.3 Å². The Bertz CT molecular complexity index is 617. The highest BCUT2D eigenvalue weighted by Crippen LogP contribution is 2.21. The predicted molar refractivity (Wildman–Crippen MR) is 65.4 cm³/mol. The molecule has 0 aliphatic heterocycles. The van der Waals surface area contributed by atoms with Gasteiger partial charge in [-0.1, -0.05) is 12.1 Å². The summed E-state index contributed by atoms with van der Waals surface area (Å²) in [5.41, 5.74) is 1.52. The maximum Gasteiger partial charge on any atom is 0.328 e. The van der Waals surface area contributed by atoms with Crippen molar-refractivity contribution in [2.45, 2.75) is 6.92 Å². The number of imidazole rings is 1. The third-order valence-corrected chi connectivity index (χ3v) is 2.44. The lowest BCUT2D eigenvalue weighted by atomic mass is 10.2. The first-order valence-electron chi connectivity index (χ1n) is 5.30. The number of hydrogen-bond donors (Lipinski definition) is 2. The zero-order chi connectivity index (χ0) is 13.1. The normalized spacial score (nSPS) is 11.0. The van der Waals surface area contributed by atoms with Crippen LogP contribution < -0.4 is 0 Å². The maximum absolute atomic E-state index is 13.6. The van der Waals surface area contributed by atoms with Gasteiger partial charge in [0, 0.05) is 11.8 Å². The average molecular weight is 246 g/mol. The Morgan fingerprint density at radius 1 is 1.44 bits per heavy atom. The van der Waals surface area contributed by atoms with Crippen molar-refractivity contribution in [1.29, 1.82) is 0 Å². The molecule has 1 aromatic carbocycles. The van der Waals surface area contributed by atoms with Crippen molar-refractivity contribution < 1.29 is 14.3 Å². The number of carboxylic acids is 1. The number of rotatable bonds is 3. The summed E-state index contributed by atoms with van der Waals surface area (Å²) in [6, 6.07) is 6.27. The summed E-state index contributed by atoms with van der Waals surface area (Å²) in [7, 11) is 0. The van der Waals surface area contributed by atoms with E-state index in [0.717, 1.165) is 6.08 Å². The van der Waals surface area contributed by atoms with Crippen molar-refractivity contribution in [3.63, 3.8) is 0 Å². The molecule has 4 nitrogen and oxygen atoms in total. The van der Waals surface area contributed by atoms with Gasteiger partial charge in [0.15, 0.2) is 0 Å². The number of carboxylic acid groups (broad SMARTS) is 1. The minimum Gasteiger partial charge on any atom is -0.478 e. The molecule has 0 amide bonds. The second kappa shape index (κ2) is 4.83. The third kappa shape index (κ3) is 2.45. The van der Waals surface area contributed by atoms with Crippen LogP contribution in [0, 0.1) is 12.7 Å². The Morgan fingerprint density at radius 2 is 2.17 bits per heavy atom. The number of H-pyrrole nitrogens is 1. The number of aliphatic carboxylic acids is 1. The van der Waals surface area contributed by atoms with E-state index in [4.69, 9.17) is 5.11 Å². The Labute approximate surface area is 103 Å². The Hall–Kier alpha value is -2.43. The van der Waals surface area contributed by atoms with Gasteiger partial charge in [-0.2, -0.15) is 0 Å². The lowest BCUT2D eigenvalue weighted by molar-refractivity contribution is -0.131. The number of halogens is 1. The molecule has 0 aliphatic carbocycles. The highest BCUT2D eigenvalue weighted by Gasteiger charge is 2.10. The molecule has 0 atom stereocenters. The summed E-state index contributed by atoms with van der Waals surface area (Å²) < 4.78 is 13.6. The van der Waals surface area contributed by atoms with Crippen molar-refractivity contribution in [2.24, 2.45) is 0 Å². The summed E-state index contributed by atoms with van der Waals surface area (Å²) >= 11 is 0. The van der Waals surface area contributed by atoms with Gasteiger partial charge in [0.2, 0.25) is 0 Å². The van der Waals surface area contributed by atoms with Crippen molar-refractivity contribution in [3.05, 3.63) is 47.5 Å².